The first-order valence-corrected chi connectivity index (χ1v) is 4.84. The first-order valence-electron chi connectivity index (χ1n) is 4.84. The molecular formula is C10H21NO. The average Bonchev–Trinajstić information content (AvgIpc) is 2.08. The third-order valence-electron chi connectivity index (χ3n) is 2.74. The normalized spacial score (nSPS) is 11.7. The van der Waals surface area contributed by atoms with Gasteiger partial charge in [0.25, 0.3) is 0 Å². The molecule has 0 bridgehead atoms. The molecule has 12 heavy (non-hydrogen) atoms. The second kappa shape index (κ2) is 5.31. The van der Waals surface area contributed by atoms with E-state index in [2.05, 4.69) is 26.1 Å². The monoisotopic (exact) mass is 171 g/mol. The summed E-state index contributed by atoms with van der Waals surface area (Å²) >= 11 is 0. The molecule has 0 spiro atoms. The van der Waals surface area contributed by atoms with Crippen LogP contribution < -0.4 is 5.32 Å². The minimum atomic E-state index is 0.186. The summed E-state index contributed by atoms with van der Waals surface area (Å²) < 4.78 is 0. The van der Waals surface area contributed by atoms with Crippen LogP contribution in [0.1, 0.15) is 47.0 Å². The fourth-order valence-corrected chi connectivity index (χ4v) is 1.44. The van der Waals surface area contributed by atoms with Gasteiger partial charge in [0.2, 0.25) is 0 Å². The molecule has 0 aliphatic rings. The van der Waals surface area contributed by atoms with Crippen LogP contribution in [0, 0.1) is 0 Å². The minimum absolute atomic E-state index is 0.186. The maximum Gasteiger partial charge on any atom is 0.143 e. The van der Waals surface area contributed by atoms with Crippen LogP contribution in [0.4, 0.5) is 0 Å². The molecule has 0 atom stereocenters. The van der Waals surface area contributed by atoms with Gasteiger partial charge >= 0.3 is 0 Å². The fourth-order valence-electron chi connectivity index (χ4n) is 1.44. The molecular weight excluding hydrogens is 150 g/mol. The molecule has 0 aliphatic carbocycles. The summed E-state index contributed by atoms with van der Waals surface area (Å²) in [5.41, 5.74) is 0.186. The van der Waals surface area contributed by atoms with Gasteiger partial charge in [-0.25, -0.2) is 0 Å². The molecule has 0 heterocycles. The van der Waals surface area contributed by atoms with Crippen molar-refractivity contribution in [3.8, 4) is 0 Å². The number of nitrogens with one attached hydrogen (secondary N) is 1. The van der Waals surface area contributed by atoms with Gasteiger partial charge in [-0.15, -0.1) is 0 Å². The average molecular weight is 171 g/mol. The highest BCUT2D eigenvalue weighted by Gasteiger charge is 2.22. The number of hydrogen-bond donors (Lipinski definition) is 1. The van der Waals surface area contributed by atoms with E-state index < -0.39 is 0 Å². The first-order chi connectivity index (χ1) is 5.60. The van der Waals surface area contributed by atoms with Crippen molar-refractivity contribution in [3.63, 3.8) is 0 Å². The molecule has 0 rings (SSSR count). The molecule has 0 saturated carbocycles. The number of carbonyl (C=O) groups is 1. The zero-order valence-electron chi connectivity index (χ0n) is 8.74. The summed E-state index contributed by atoms with van der Waals surface area (Å²) in [6.07, 6.45) is 3.27. The van der Waals surface area contributed by atoms with Gasteiger partial charge in [0.15, 0.2) is 0 Å². The van der Waals surface area contributed by atoms with Crippen molar-refractivity contribution in [2.24, 2.45) is 0 Å². The van der Waals surface area contributed by atoms with Crippen molar-refractivity contribution >= 4 is 5.78 Å². The molecule has 2 nitrogen and oxygen atoms in total. The second-order valence-corrected chi connectivity index (χ2v) is 3.40. The van der Waals surface area contributed by atoms with Gasteiger partial charge in [-0.05, 0) is 26.2 Å². The Kier molecular flexibility index (Phi) is 5.14. The van der Waals surface area contributed by atoms with Crippen LogP contribution in [0.3, 0.4) is 0 Å². The summed E-state index contributed by atoms with van der Waals surface area (Å²) in [6, 6.07) is 0. The van der Waals surface area contributed by atoms with E-state index >= 15 is 0 Å². The van der Waals surface area contributed by atoms with Gasteiger partial charge in [0, 0.05) is 5.54 Å². The quantitative estimate of drug-likeness (QED) is 0.663. The van der Waals surface area contributed by atoms with Gasteiger partial charge in [-0.3, -0.25) is 4.79 Å². The van der Waals surface area contributed by atoms with Crippen molar-refractivity contribution in [2.75, 3.05) is 6.54 Å². The molecule has 0 saturated heterocycles. The van der Waals surface area contributed by atoms with E-state index in [0.29, 0.717) is 6.54 Å². The minimum Gasteiger partial charge on any atom is -0.304 e. The van der Waals surface area contributed by atoms with E-state index in [1.54, 1.807) is 6.92 Å². The van der Waals surface area contributed by atoms with Crippen molar-refractivity contribution in [2.45, 2.75) is 52.5 Å². The lowest BCUT2D eigenvalue weighted by atomic mass is 9.90. The summed E-state index contributed by atoms with van der Waals surface area (Å²) in [5, 5.41) is 3.33. The Morgan fingerprint density at radius 3 is 1.83 bits per heavy atom. The predicted octanol–water partition coefficient (Wildman–Crippen LogP) is 2.13. The number of carbonyl (C=O) groups excluding carboxylic acids is 1. The van der Waals surface area contributed by atoms with E-state index in [9.17, 15) is 4.79 Å². The first kappa shape index (κ1) is 11.6. The van der Waals surface area contributed by atoms with Gasteiger partial charge in [-0.1, -0.05) is 20.8 Å². The molecule has 0 unspecified atom stereocenters. The second-order valence-electron chi connectivity index (χ2n) is 3.40. The Labute approximate surface area is 75.7 Å². The molecule has 0 fully saturated rings. The van der Waals surface area contributed by atoms with Crippen molar-refractivity contribution in [1.82, 2.24) is 5.32 Å². The summed E-state index contributed by atoms with van der Waals surface area (Å²) in [7, 11) is 0. The number of rotatable bonds is 6. The standard InChI is InChI=1S/C10H21NO/c1-5-10(6-2,7-3)11-8-9(4)12/h11H,5-8H2,1-4H3. The van der Waals surface area contributed by atoms with Crippen LogP contribution in [0.5, 0.6) is 0 Å². The lowest BCUT2D eigenvalue weighted by Gasteiger charge is -2.31. The molecule has 1 N–H and O–H groups in total. The number of hydrogen-bond acceptors (Lipinski definition) is 2. The molecule has 0 aromatic rings. The molecule has 0 aromatic carbocycles. The van der Waals surface area contributed by atoms with E-state index in [-0.39, 0.29) is 11.3 Å². The zero-order chi connectivity index (χ0) is 9.61. The van der Waals surface area contributed by atoms with E-state index in [0.717, 1.165) is 19.3 Å². The Hall–Kier alpha value is -0.370. The fraction of sp³-hybridized carbons (Fsp3) is 0.900. The van der Waals surface area contributed by atoms with Crippen LogP contribution in [0.15, 0.2) is 0 Å². The number of ketones is 1. The largest absolute Gasteiger partial charge is 0.304 e. The van der Waals surface area contributed by atoms with Crippen LogP contribution >= 0.6 is 0 Å². The highest BCUT2D eigenvalue weighted by atomic mass is 16.1. The van der Waals surface area contributed by atoms with Crippen LogP contribution in [-0.4, -0.2) is 17.9 Å². The predicted molar refractivity (Wildman–Crippen MR) is 52.3 cm³/mol. The Bertz CT molecular complexity index is 131. The van der Waals surface area contributed by atoms with E-state index in [1.165, 1.54) is 0 Å². The molecule has 2 heteroatoms. The zero-order valence-corrected chi connectivity index (χ0v) is 8.74. The Balaban J connectivity index is 4.01. The van der Waals surface area contributed by atoms with Crippen LogP contribution in [0.2, 0.25) is 0 Å². The lowest BCUT2D eigenvalue weighted by molar-refractivity contribution is -0.116. The molecule has 0 aromatic heterocycles. The number of Topliss-reactive ketones (excluding diaryl/α,β-unsaturated/α-hetero) is 1. The highest BCUT2D eigenvalue weighted by molar-refractivity contribution is 5.77. The van der Waals surface area contributed by atoms with Crippen molar-refractivity contribution in [1.29, 1.82) is 0 Å². The topological polar surface area (TPSA) is 29.1 Å². The van der Waals surface area contributed by atoms with Crippen LogP contribution in [0.25, 0.3) is 0 Å². The third kappa shape index (κ3) is 3.35. The van der Waals surface area contributed by atoms with E-state index in [4.69, 9.17) is 0 Å². The summed E-state index contributed by atoms with van der Waals surface area (Å²) in [6.45, 7) is 8.63. The summed E-state index contributed by atoms with van der Waals surface area (Å²) in [5.74, 6) is 0.217. The van der Waals surface area contributed by atoms with Gasteiger partial charge in [0.05, 0.1) is 6.54 Å². The van der Waals surface area contributed by atoms with Crippen molar-refractivity contribution < 1.29 is 4.79 Å². The lowest BCUT2D eigenvalue weighted by Crippen LogP contribution is -2.45. The Morgan fingerprint density at radius 1 is 1.17 bits per heavy atom. The third-order valence-corrected chi connectivity index (χ3v) is 2.74. The SMILES string of the molecule is CCC(CC)(CC)NCC(C)=O. The molecule has 0 aliphatic heterocycles. The smallest absolute Gasteiger partial charge is 0.143 e. The summed E-state index contributed by atoms with van der Waals surface area (Å²) in [4.78, 5) is 10.8. The van der Waals surface area contributed by atoms with Gasteiger partial charge in [0.1, 0.15) is 5.78 Å². The highest BCUT2D eigenvalue weighted by Crippen LogP contribution is 2.18. The van der Waals surface area contributed by atoms with Gasteiger partial charge < -0.3 is 5.32 Å². The maximum absolute atomic E-state index is 10.8. The van der Waals surface area contributed by atoms with Crippen LogP contribution in [-0.2, 0) is 4.79 Å². The molecule has 72 valence electrons. The Morgan fingerprint density at radius 2 is 1.58 bits per heavy atom. The maximum atomic E-state index is 10.8. The van der Waals surface area contributed by atoms with Gasteiger partial charge in [-0.2, -0.15) is 0 Å². The molecule has 0 radical (unpaired) electrons. The molecule has 0 amide bonds. The van der Waals surface area contributed by atoms with Crippen molar-refractivity contribution in [3.05, 3.63) is 0 Å². The van der Waals surface area contributed by atoms with E-state index in [1.807, 2.05) is 0 Å².